The summed E-state index contributed by atoms with van der Waals surface area (Å²) in [5.74, 6) is -2.01. The quantitative estimate of drug-likeness (QED) is 0.393. The van der Waals surface area contributed by atoms with Crippen LogP contribution in [-0.2, 0) is 17.7 Å². The van der Waals surface area contributed by atoms with Crippen molar-refractivity contribution < 1.29 is 27.1 Å². The van der Waals surface area contributed by atoms with E-state index in [1.54, 1.807) is 6.92 Å². The standard InChI is InChI=1S/C17H18ClF4N3O2/c1-2-27-17(26)15-12(5-6-23-8-14(21)22)16(18)25(24-15)9-10-7-11(19)3-4-13(10)20/h3-4,7,14,23H,2,5-6,8-9H2,1H3. The number of aromatic nitrogens is 2. The molecule has 148 valence electrons. The third kappa shape index (κ3) is 5.67. The fourth-order valence-corrected chi connectivity index (χ4v) is 2.70. The summed E-state index contributed by atoms with van der Waals surface area (Å²) in [7, 11) is 0. The van der Waals surface area contributed by atoms with Crippen LogP contribution in [0.1, 0.15) is 28.5 Å². The van der Waals surface area contributed by atoms with E-state index in [0.29, 0.717) is 0 Å². The highest BCUT2D eigenvalue weighted by atomic mass is 35.5. The molecule has 0 saturated carbocycles. The molecule has 0 atom stereocenters. The first-order valence-corrected chi connectivity index (χ1v) is 8.56. The van der Waals surface area contributed by atoms with Gasteiger partial charge in [0.15, 0.2) is 5.69 Å². The van der Waals surface area contributed by atoms with Gasteiger partial charge in [-0.1, -0.05) is 11.6 Å². The van der Waals surface area contributed by atoms with Crippen molar-refractivity contribution in [1.29, 1.82) is 0 Å². The number of esters is 1. The van der Waals surface area contributed by atoms with Crippen LogP contribution < -0.4 is 5.32 Å². The molecule has 0 saturated heterocycles. The molecule has 0 bridgehead atoms. The fraction of sp³-hybridized carbons (Fsp3) is 0.412. The third-order valence-corrected chi connectivity index (χ3v) is 4.05. The number of nitrogens with zero attached hydrogens (tertiary/aromatic N) is 2. The summed E-state index contributed by atoms with van der Waals surface area (Å²) in [4.78, 5) is 12.1. The molecule has 0 aliphatic heterocycles. The van der Waals surface area contributed by atoms with E-state index in [4.69, 9.17) is 16.3 Å². The van der Waals surface area contributed by atoms with Crippen LogP contribution in [0, 0.1) is 11.6 Å². The van der Waals surface area contributed by atoms with E-state index in [-0.39, 0.29) is 48.1 Å². The first-order chi connectivity index (χ1) is 12.8. The Bertz CT molecular complexity index is 799. The number of halogens is 5. The van der Waals surface area contributed by atoms with Gasteiger partial charge in [-0.3, -0.25) is 0 Å². The van der Waals surface area contributed by atoms with Crippen molar-refractivity contribution in [1.82, 2.24) is 15.1 Å². The number of nitrogens with one attached hydrogen (secondary N) is 1. The predicted octanol–water partition coefficient (Wildman–Crippen LogP) is 3.44. The molecular weight excluding hydrogens is 390 g/mol. The number of hydrogen-bond donors (Lipinski definition) is 1. The molecule has 10 heteroatoms. The first kappa shape index (κ1) is 21.2. The fourth-order valence-electron chi connectivity index (χ4n) is 2.42. The Morgan fingerprint density at radius 1 is 1.37 bits per heavy atom. The van der Waals surface area contributed by atoms with Crippen LogP contribution in [0.2, 0.25) is 5.15 Å². The maximum atomic E-state index is 13.9. The third-order valence-electron chi connectivity index (χ3n) is 3.63. The van der Waals surface area contributed by atoms with Crippen molar-refractivity contribution in [3.05, 3.63) is 51.8 Å². The molecule has 1 N–H and O–H groups in total. The van der Waals surface area contributed by atoms with Gasteiger partial charge in [0.05, 0.1) is 19.7 Å². The molecule has 27 heavy (non-hydrogen) atoms. The van der Waals surface area contributed by atoms with Crippen molar-refractivity contribution in [3.8, 4) is 0 Å². The Labute approximate surface area is 158 Å². The lowest BCUT2D eigenvalue weighted by Crippen LogP contribution is -2.24. The second kappa shape index (κ2) is 9.70. The summed E-state index contributed by atoms with van der Waals surface area (Å²) in [6.07, 6.45) is -2.38. The summed E-state index contributed by atoms with van der Waals surface area (Å²) in [6.45, 7) is 1.12. The smallest absolute Gasteiger partial charge is 0.359 e. The summed E-state index contributed by atoms with van der Waals surface area (Å²) in [5, 5.41) is 6.61. The Morgan fingerprint density at radius 3 is 2.78 bits per heavy atom. The van der Waals surface area contributed by atoms with Gasteiger partial charge in [-0.25, -0.2) is 27.0 Å². The van der Waals surface area contributed by atoms with Crippen LogP contribution >= 0.6 is 11.6 Å². The van der Waals surface area contributed by atoms with Gasteiger partial charge in [0, 0.05) is 11.1 Å². The Morgan fingerprint density at radius 2 is 2.11 bits per heavy atom. The minimum atomic E-state index is -2.51. The van der Waals surface area contributed by atoms with Crippen LogP contribution in [0.25, 0.3) is 0 Å². The molecule has 0 aliphatic carbocycles. The van der Waals surface area contributed by atoms with Crippen molar-refractivity contribution >= 4 is 17.6 Å². The molecule has 0 unspecified atom stereocenters. The highest BCUT2D eigenvalue weighted by molar-refractivity contribution is 6.30. The molecule has 2 rings (SSSR count). The van der Waals surface area contributed by atoms with Gasteiger partial charge < -0.3 is 10.1 Å². The van der Waals surface area contributed by atoms with E-state index in [0.717, 1.165) is 22.9 Å². The molecule has 0 amide bonds. The predicted molar refractivity (Wildman–Crippen MR) is 91.2 cm³/mol. The minimum absolute atomic E-state index is 0.00261. The molecule has 1 aromatic heterocycles. The Hall–Kier alpha value is -2.13. The van der Waals surface area contributed by atoms with E-state index in [2.05, 4.69) is 10.4 Å². The second-order valence-electron chi connectivity index (χ2n) is 5.58. The topological polar surface area (TPSA) is 56.1 Å². The van der Waals surface area contributed by atoms with Gasteiger partial charge in [0.1, 0.15) is 16.8 Å². The minimum Gasteiger partial charge on any atom is -0.461 e. The lowest BCUT2D eigenvalue weighted by molar-refractivity contribution is 0.0517. The molecule has 5 nitrogen and oxygen atoms in total. The van der Waals surface area contributed by atoms with Crippen molar-refractivity contribution in [3.63, 3.8) is 0 Å². The average Bonchev–Trinajstić information content (AvgIpc) is 2.91. The molecule has 1 heterocycles. The first-order valence-electron chi connectivity index (χ1n) is 8.18. The van der Waals surface area contributed by atoms with Crippen LogP contribution in [0.4, 0.5) is 17.6 Å². The van der Waals surface area contributed by atoms with E-state index in [9.17, 15) is 22.4 Å². The van der Waals surface area contributed by atoms with Crippen molar-refractivity contribution in [2.45, 2.75) is 26.3 Å². The molecule has 1 aromatic carbocycles. The zero-order chi connectivity index (χ0) is 20.0. The summed E-state index contributed by atoms with van der Waals surface area (Å²) >= 11 is 6.26. The van der Waals surface area contributed by atoms with E-state index >= 15 is 0 Å². The Balaban J connectivity index is 2.28. The molecule has 0 fully saturated rings. The van der Waals surface area contributed by atoms with Crippen LogP contribution in [0.5, 0.6) is 0 Å². The highest BCUT2D eigenvalue weighted by Crippen LogP contribution is 2.23. The largest absolute Gasteiger partial charge is 0.461 e. The van der Waals surface area contributed by atoms with Gasteiger partial charge in [0.25, 0.3) is 6.43 Å². The molecule has 0 aliphatic rings. The van der Waals surface area contributed by atoms with E-state index in [1.165, 1.54) is 0 Å². The number of carbonyl (C=O) groups is 1. The highest BCUT2D eigenvalue weighted by Gasteiger charge is 2.23. The number of carbonyl (C=O) groups excluding carboxylic acids is 1. The number of rotatable bonds is 9. The maximum absolute atomic E-state index is 13.9. The normalized spacial score (nSPS) is 11.2. The second-order valence-corrected chi connectivity index (χ2v) is 5.94. The Kier molecular flexibility index (Phi) is 7.61. The van der Waals surface area contributed by atoms with Crippen LogP contribution in [0.3, 0.4) is 0 Å². The van der Waals surface area contributed by atoms with Crippen LogP contribution in [0.15, 0.2) is 18.2 Å². The summed E-state index contributed by atoms with van der Waals surface area (Å²) in [5.41, 5.74) is 0.198. The zero-order valence-electron chi connectivity index (χ0n) is 14.4. The SMILES string of the molecule is CCOC(=O)c1nn(Cc2cc(F)ccc2F)c(Cl)c1CCNCC(F)F. The van der Waals surface area contributed by atoms with Crippen LogP contribution in [-0.4, -0.2) is 41.9 Å². The molecule has 0 spiro atoms. The van der Waals surface area contributed by atoms with Gasteiger partial charge in [-0.2, -0.15) is 5.10 Å². The number of alkyl halides is 2. The lowest BCUT2D eigenvalue weighted by Gasteiger charge is -2.06. The van der Waals surface area contributed by atoms with E-state index < -0.39 is 30.6 Å². The van der Waals surface area contributed by atoms with Crippen molar-refractivity contribution in [2.75, 3.05) is 19.7 Å². The number of hydrogen-bond acceptors (Lipinski definition) is 4. The maximum Gasteiger partial charge on any atom is 0.359 e. The zero-order valence-corrected chi connectivity index (χ0v) is 15.2. The molecule has 2 aromatic rings. The molecular formula is C17H18ClF4N3O2. The number of benzene rings is 1. The van der Waals surface area contributed by atoms with Gasteiger partial charge >= 0.3 is 5.97 Å². The lowest BCUT2D eigenvalue weighted by atomic mass is 10.1. The monoisotopic (exact) mass is 407 g/mol. The molecule has 0 radical (unpaired) electrons. The number of ether oxygens (including phenoxy) is 1. The summed E-state index contributed by atoms with van der Waals surface area (Å²) < 4.78 is 57.7. The van der Waals surface area contributed by atoms with Gasteiger partial charge in [-0.15, -0.1) is 0 Å². The van der Waals surface area contributed by atoms with Gasteiger partial charge in [0.2, 0.25) is 0 Å². The average molecular weight is 408 g/mol. The van der Waals surface area contributed by atoms with Gasteiger partial charge in [-0.05, 0) is 38.1 Å². The van der Waals surface area contributed by atoms with E-state index in [1.807, 2.05) is 0 Å². The summed E-state index contributed by atoms with van der Waals surface area (Å²) in [6, 6.07) is 2.96. The van der Waals surface area contributed by atoms with Crippen molar-refractivity contribution in [2.24, 2.45) is 0 Å².